The number of carbonyl (C=O) groups is 1. The minimum Gasteiger partial charge on any atom is -0.507 e. The zero-order valence-corrected chi connectivity index (χ0v) is 9.16. The number of rotatable bonds is 2. The van der Waals surface area contributed by atoms with Gasteiger partial charge in [0, 0.05) is 0 Å². The van der Waals surface area contributed by atoms with Gasteiger partial charge in [-0.15, -0.1) is 0 Å². The van der Waals surface area contributed by atoms with Crippen LogP contribution in [0.1, 0.15) is 16.8 Å². The van der Waals surface area contributed by atoms with Gasteiger partial charge in [0.05, 0.1) is 16.9 Å². The Labute approximate surface area is 102 Å². The van der Waals surface area contributed by atoms with Crippen LogP contribution in [0, 0.1) is 10.1 Å². The number of amides is 1. The number of hydrogen-bond donors (Lipinski definition) is 2. The SMILES string of the molecule is O=C(NC1=NC=C([N+](=O)[O-])C1)c1ccccc1O. The van der Waals surface area contributed by atoms with E-state index in [4.69, 9.17) is 0 Å². The number of benzene rings is 1. The van der Waals surface area contributed by atoms with E-state index in [-0.39, 0.29) is 29.3 Å². The summed E-state index contributed by atoms with van der Waals surface area (Å²) in [6.45, 7) is 0. The molecule has 1 aliphatic rings. The number of phenolic OH excluding ortho intramolecular Hbond substituents is 1. The second-order valence-corrected chi connectivity index (χ2v) is 3.60. The number of hydrogen-bond acceptors (Lipinski definition) is 5. The summed E-state index contributed by atoms with van der Waals surface area (Å²) in [5.74, 6) is -0.518. The molecule has 2 N–H and O–H groups in total. The number of nitrogens with one attached hydrogen (secondary N) is 1. The summed E-state index contributed by atoms with van der Waals surface area (Å²) in [5.41, 5.74) is 0.0114. The Morgan fingerprint density at radius 2 is 2.17 bits per heavy atom. The molecule has 0 saturated heterocycles. The highest BCUT2D eigenvalue weighted by molar-refractivity contribution is 6.08. The topological polar surface area (TPSA) is 105 Å². The highest BCUT2D eigenvalue weighted by Crippen LogP contribution is 2.16. The number of phenols is 1. The number of carbonyl (C=O) groups excluding carboxylic acids is 1. The van der Waals surface area contributed by atoms with Crippen molar-refractivity contribution in [2.75, 3.05) is 0 Å². The van der Waals surface area contributed by atoms with Crippen molar-refractivity contribution in [1.29, 1.82) is 0 Å². The molecule has 1 aromatic carbocycles. The van der Waals surface area contributed by atoms with E-state index in [9.17, 15) is 20.0 Å². The van der Waals surface area contributed by atoms with Gasteiger partial charge in [0.2, 0.25) is 0 Å². The van der Waals surface area contributed by atoms with Crippen molar-refractivity contribution in [1.82, 2.24) is 5.32 Å². The van der Waals surface area contributed by atoms with Crippen LogP contribution in [0.5, 0.6) is 5.75 Å². The average molecular weight is 247 g/mol. The molecule has 1 amide bonds. The Kier molecular flexibility index (Phi) is 3.05. The fraction of sp³-hybridized carbons (Fsp3) is 0.0909. The van der Waals surface area contributed by atoms with Gasteiger partial charge in [0.15, 0.2) is 0 Å². The summed E-state index contributed by atoms with van der Waals surface area (Å²) in [6, 6.07) is 6.02. The van der Waals surface area contributed by atoms with Crippen LogP contribution in [-0.4, -0.2) is 21.8 Å². The first-order valence-electron chi connectivity index (χ1n) is 5.07. The van der Waals surface area contributed by atoms with E-state index in [0.717, 1.165) is 6.20 Å². The van der Waals surface area contributed by atoms with Gasteiger partial charge in [-0.05, 0) is 12.1 Å². The molecule has 0 bridgehead atoms. The second kappa shape index (κ2) is 4.66. The average Bonchev–Trinajstić information content (AvgIpc) is 2.78. The second-order valence-electron chi connectivity index (χ2n) is 3.60. The Morgan fingerprint density at radius 1 is 1.44 bits per heavy atom. The monoisotopic (exact) mass is 247 g/mol. The maximum atomic E-state index is 11.8. The molecule has 1 heterocycles. The van der Waals surface area contributed by atoms with Gasteiger partial charge < -0.3 is 10.4 Å². The molecule has 0 aliphatic carbocycles. The third-order valence-electron chi connectivity index (χ3n) is 2.36. The van der Waals surface area contributed by atoms with E-state index in [1.54, 1.807) is 12.1 Å². The highest BCUT2D eigenvalue weighted by atomic mass is 16.6. The molecule has 7 heteroatoms. The lowest BCUT2D eigenvalue weighted by molar-refractivity contribution is -0.425. The Bertz CT molecular complexity index is 577. The van der Waals surface area contributed by atoms with E-state index >= 15 is 0 Å². The van der Waals surface area contributed by atoms with Gasteiger partial charge in [0.1, 0.15) is 17.8 Å². The molecule has 0 atom stereocenters. The van der Waals surface area contributed by atoms with Gasteiger partial charge in [-0.1, -0.05) is 12.1 Å². The van der Waals surface area contributed by atoms with E-state index in [1.807, 2.05) is 0 Å². The van der Waals surface area contributed by atoms with Gasteiger partial charge >= 0.3 is 0 Å². The fourth-order valence-corrected chi connectivity index (χ4v) is 1.47. The summed E-state index contributed by atoms with van der Waals surface area (Å²) in [6.07, 6.45) is 1.06. The zero-order valence-electron chi connectivity index (χ0n) is 9.16. The fourth-order valence-electron chi connectivity index (χ4n) is 1.47. The van der Waals surface area contributed by atoms with Gasteiger partial charge in [-0.25, -0.2) is 4.99 Å². The molecule has 0 unspecified atom stereocenters. The predicted octanol–water partition coefficient (Wildman–Crippen LogP) is 1.04. The highest BCUT2D eigenvalue weighted by Gasteiger charge is 2.22. The zero-order chi connectivity index (χ0) is 13.1. The third-order valence-corrected chi connectivity index (χ3v) is 2.36. The summed E-state index contributed by atoms with van der Waals surface area (Å²) in [5, 5.41) is 22.4. The van der Waals surface area contributed by atoms with E-state index in [2.05, 4.69) is 10.3 Å². The van der Waals surface area contributed by atoms with Crippen LogP contribution in [0.4, 0.5) is 0 Å². The van der Waals surface area contributed by atoms with Crippen LogP contribution in [0.15, 0.2) is 41.2 Å². The maximum absolute atomic E-state index is 11.8. The Morgan fingerprint density at radius 3 is 2.78 bits per heavy atom. The van der Waals surface area contributed by atoms with Gasteiger partial charge in [-0.3, -0.25) is 14.9 Å². The molecule has 0 radical (unpaired) electrons. The molecule has 0 fully saturated rings. The van der Waals surface area contributed by atoms with Crippen molar-refractivity contribution in [3.8, 4) is 5.75 Å². The largest absolute Gasteiger partial charge is 0.507 e. The van der Waals surface area contributed by atoms with Crippen LogP contribution in [0.2, 0.25) is 0 Å². The first kappa shape index (κ1) is 11.8. The van der Waals surface area contributed by atoms with E-state index in [1.165, 1.54) is 12.1 Å². The lowest BCUT2D eigenvalue weighted by atomic mass is 10.2. The van der Waals surface area contributed by atoms with Crippen LogP contribution in [0.25, 0.3) is 0 Å². The number of para-hydroxylation sites is 1. The Balaban J connectivity index is 2.03. The van der Waals surface area contributed by atoms with E-state index in [0.29, 0.717) is 0 Å². The smallest absolute Gasteiger partial charge is 0.271 e. The quantitative estimate of drug-likeness (QED) is 0.601. The number of nitrogens with zero attached hydrogens (tertiary/aromatic N) is 2. The summed E-state index contributed by atoms with van der Waals surface area (Å²) in [4.78, 5) is 25.4. The van der Waals surface area contributed by atoms with Crippen molar-refractivity contribution >= 4 is 11.7 Å². The first-order chi connectivity index (χ1) is 8.58. The molecule has 0 spiro atoms. The van der Waals surface area contributed by atoms with Gasteiger partial charge in [-0.2, -0.15) is 0 Å². The minimum atomic E-state index is -0.553. The van der Waals surface area contributed by atoms with Crippen LogP contribution >= 0.6 is 0 Å². The third kappa shape index (κ3) is 2.34. The lowest BCUT2D eigenvalue weighted by Crippen LogP contribution is -2.29. The van der Waals surface area contributed by atoms with Crippen LogP contribution in [0.3, 0.4) is 0 Å². The lowest BCUT2D eigenvalue weighted by Gasteiger charge is -2.05. The number of amidine groups is 1. The number of nitro groups is 1. The molecule has 1 aromatic rings. The molecule has 18 heavy (non-hydrogen) atoms. The molecule has 2 rings (SSSR count). The van der Waals surface area contributed by atoms with Crippen molar-refractivity contribution in [2.45, 2.75) is 6.42 Å². The standard InChI is InChI=1S/C11H9N3O4/c15-9-4-2-1-3-8(9)11(16)13-10-5-7(6-12-10)14(17)18/h1-4,6,15H,5H2,(H,12,13,16). The number of aromatic hydroxyl groups is 1. The normalized spacial score (nSPS) is 13.8. The first-order valence-corrected chi connectivity index (χ1v) is 5.07. The van der Waals surface area contributed by atoms with Crippen LogP contribution in [-0.2, 0) is 0 Å². The molecule has 92 valence electrons. The molecular formula is C11H9N3O4. The molecule has 1 aliphatic heterocycles. The summed E-state index contributed by atoms with van der Waals surface area (Å²) in [7, 11) is 0. The van der Waals surface area contributed by atoms with Crippen molar-refractivity contribution < 1.29 is 14.8 Å². The molecule has 0 saturated carbocycles. The summed E-state index contributed by atoms with van der Waals surface area (Å²) >= 11 is 0. The van der Waals surface area contributed by atoms with Crippen molar-refractivity contribution in [3.63, 3.8) is 0 Å². The molecule has 0 aromatic heterocycles. The van der Waals surface area contributed by atoms with Crippen LogP contribution < -0.4 is 5.32 Å². The number of aliphatic imine (C=N–C) groups is 1. The predicted molar refractivity (Wildman–Crippen MR) is 62.7 cm³/mol. The Hall–Kier alpha value is -2.70. The maximum Gasteiger partial charge on any atom is 0.271 e. The minimum absolute atomic E-state index is 0.0354. The summed E-state index contributed by atoms with van der Waals surface area (Å²) < 4.78 is 0. The van der Waals surface area contributed by atoms with Gasteiger partial charge in [0.25, 0.3) is 11.6 Å². The molecular weight excluding hydrogens is 238 g/mol. The van der Waals surface area contributed by atoms with E-state index < -0.39 is 10.8 Å². The molecule has 7 nitrogen and oxygen atoms in total. The van der Waals surface area contributed by atoms with Crippen molar-refractivity contribution in [3.05, 3.63) is 51.8 Å². The van der Waals surface area contributed by atoms with Crippen molar-refractivity contribution in [2.24, 2.45) is 4.99 Å².